The molecule has 0 atom stereocenters. The van der Waals surface area contributed by atoms with Crippen molar-refractivity contribution in [1.82, 2.24) is 4.98 Å². The molecule has 176 valence electrons. The maximum Gasteiger partial charge on any atom is 0.185 e. The first-order chi connectivity index (χ1) is 15.9. The minimum atomic E-state index is -3.45. The molecule has 1 fully saturated rings. The highest BCUT2D eigenvalue weighted by Crippen LogP contribution is 2.34. The number of aromatic nitrogens is 1. The first-order valence-corrected chi connectivity index (χ1v) is 13.6. The van der Waals surface area contributed by atoms with Crippen LogP contribution in [0.3, 0.4) is 0 Å². The van der Waals surface area contributed by atoms with E-state index in [0.29, 0.717) is 37.4 Å². The van der Waals surface area contributed by atoms with Crippen molar-refractivity contribution >= 4 is 26.3 Å². The van der Waals surface area contributed by atoms with Crippen molar-refractivity contribution in [2.24, 2.45) is 0 Å². The third kappa shape index (κ3) is 5.17. The third-order valence-electron chi connectivity index (χ3n) is 6.19. The molecule has 0 aliphatic carbocycles. The van der Waals surface area contributed by atoms with E-state index in [1.54, 1.807) is 29.5 Å². The minimum absolute atomic E-state index is 0.282. The average Bonchev–Trinajstić information content (AvgIpc) is 3.32. The van der Waals surface area contributed by atoms with Gasteiger partial charge in [0.2, 0.25) is 0 Å². The lowest BCUT2D eigenvalue weighted by Gasteiger charge is -2.31. The second-order valence-electron chi connectivity index (χ2n) is 8.22. The quantitative estimate of drug-likeness (QED) is 0.457. The van der Waals surface area contributed by atoms with Gasteiger partial charge >= 0.3 is 0 Å². The summed E-state index contributed by atoms with van der Waals surface area (Å²) in [6.45, 7) is 3.51. The largest absolute Gasteiger partial charge is 0.493 e. The van der Waals surface area contributed by atoms with Crippen LogP contribution in [0.4, 0.5) is 5.13 Å². The van der Waals surface area contributed by atoms with Gasteiger partial charge in [-0.1, -0.05) is 31.2 Å². The summed E-state index contributed by atoms with van der Waals surface area (Å²) in [7, 11) is -0.401. The number of methoxy groups -OCH3 is 2. The summed E-state index contributed by atoms with van der Waals surface area (Å²) in [6.07, 6.45) is 3.00. The summed E-state index contributed by atoms with van der Waals surface area (Å²) in [6, 6.07) is 13.5. The molecule has 1 saturated heterocycles. The van der Waals surface area contributed by atoms with Gasteiger partial charge < -0.3 is 14.4 Å². The number of rotatable bonds is 8. The Kier molecular flexibility index (Phi) is 7.24. The van der Waals surface area contributed by atoms with Crippen LogP contribution in [-0.4, -0.2) is 46.0 Å². The van der Waals surface area contributed by atoms with Crippen molar-refractivity contribution in [3.05, 3.63) is 64.7 Å². The minimum Gasteiger partial charge on any atom is -0.493 e. The highest BCUT2D eigenvalue weighted by molar-refractivity contribution is 7.92. The zero-order chi connectivity index (χ0) is 23.4. The van der Waals surface area contributed by atoms with Gasteiger partial charge in [0, 0.05) is 31.0 Å². The van der Waals surface area contributed by atoms with Crippen LogP contribution >= 0.6 is 11.3 Å². The number of hydrogen-bond acceptors (Lipinski definition) is 7. The number of aryl methyl sites for hydroxylation is 1. The van der Waals surface area contributed by atoms with Crippen molar-refractivity contribution in [2.45, 2.75) is 42.8 Å². The Morgan fingerprint density at radius 2 is 1.67 bits per heavy atom. The molecule has 6 nitrogen and oxygen atoms in total. The molecule has 0 N–H and O–H groups in total. The Balaban J connectivity index is 1.39. The van der Waals surface area contributed by atoms with Gasteiger partial charge in [-0.2, -0.15) is 0 Å². The first kappa shape index (κ1) is 23.6. The van der Waals surface area contributed by atoms with Crippen molar-refractivity contribution in [1.29, 1.82) is 0 Å². The molecule has 2 aromatic carbocycles. The Bertz CT molecular complexity index is 1180. The average molecular weight is 487 g/mol. The van der Waals surface area contributed by atoms with E-state index >= 15 is 0 Å². The van der Waals surface area contributed by atoms with Gasteiger partial charge in [-0.05, 0) is 42.5 Å². The van der Waals surface area contributed by atoms with E-state index in [1.807, 2.05) is 0 Å². The fourth-order valence-corrected chi connectivity index (χ4v) is 6.79. The number of thiazole rings is 1. The second kappa shape index (κ2) is 10.1. The zero-order valence-corrected chi connectivity index (χ0v) is 20.9. The van der Waals surface area contributed by atoms with Gasteiger partial charge in [-0.3, -0.25) is 0 Å². The standard InChI is InChI=1S/C25H30N2O4S2/c1-4-18-5-7-19(8-6-18)15-20-17-32-25(26-20)27-13-11-21(12-14-27)33(28,29)22-9-10-23(30-2)24(16-22)31-3/h5-10,16-17,21H,4,11-15H2,1-3H3. The lowest BCUT2D eigenvalue weighted by Crippen LogP contribution is -2.39. The number of nitrogens with zero attached hydrogens (tertiary/aromatic N) is 2. The zero-order valence-electron chi connectivity index (χ0n) is 19.3. The van der Waals surface area contributed by atoms with Crippen LogP contribution in [0.25, 0.3) is 0 Å². The normalized spacial score (nSPS) is 14.9. The number of sulfone groups is 1. The molecular weight excluding hydrogens is 456 g/mol. The lowest BCUT2D eigenvalue weighted by molar-refractivity contribution is 0.354. The van der Waals surface area contributed by atoms with E-state index in [0.717, 1.165) is 23.7 Å². The number of piperidine rings is 1. The SMILES string of the molecule is CCc1ccc(Cc2csc(N3CCC(S(=O)(=O)c4ccc(OC)c(OC)c4)CC3)n2)cc1. The Morgan fingerprint density at radius 3 is 2.30 bits per heavy atom. The lowest BCUT2D eigenvalue weighted by atomic mass is 10.1. The first-order valence-electron chi connectivity index (χ1n) is 11.2. The van der Waals surface area contributed by atoms with Gasteiger partial charge in [0.1, 0.15) is 0 Å². The smallest absolute Gasteiger partial charge is 0.185 e. The van der Waals surface area contributed by atoms with Crippen molar-refractivity contribution < 1.29 is 17.9 Å². The van der Waals surface area contributed by atoms with Crippen molar-refractivity contribution in [2.75, 3.05) is 32.2 Å². The third-order valence-corrected chi connectivity index (χ3v) is 9.40. The van der Waals surface area contributed by atoms with Crippen LogP contribution in [0.2, 0.25) is 0 Å². The molecule has 0 saturated carbocycles. The molecule has 1 aromatic heterocycles. The van der Waals surface area contributed by atoms with Gasteiger partial charge in [0.05, 0.1) is 30.1 Å². The molecule has 3 aromatic rings. The molecule has 1 aliphatic rings. The molecule has 2 heterocycles. The number of hydrogen-bond donors (Lipinski definition) is 0. The molecule has 1 aliphatic heterocycles. The molecule has 0 radical (unpaired) electrons. The molecule has 0 spiro atoms. The topological polar surface area (TPSA) is 68.7 Å². The van der Waals surface area contributed by atoms with E-state index in [4.69, 9.17) is 14.5 Å². The Labute approximate surface area is 200 Å². The fourth-order valence-electron chi connectivity index (χ4n) is 4.17. The Morgan fingerprint density at radius 1 is 1.00 bits per heavy atom. The monoisotopic (exact) mass is 486 g/mol. The number of benzene rings is 2. The van der Waals surface area contributed by atoms with Crippen LogP contribution in [0.1, 0.15) is 36.6 Å². The summed E-state index contributed by atoms with van der Waals surface area (Å²) < 4.78 is 37.0. The van der Waals surface area contributed by atoms with Crippen LogP contribution in [0.5, 0.6) is 11.5 Å². The highest BCUT2D eigenvalue weighted by atomic mass is 32.2. The predicted molar refractivity (Wildman–Crippen MR) is 133 cm³/mol. The maximum atomic E-state index is 13.2. The number of ether oxygens (including phenoxy) is 2. The highest BCUT2D eigenvalue weighted by Gasteiger charge is 2.32. The van der Waals surface area contributed by atoms with Crippen LogP contribution < -0.4 is 14.4 Å². The van der Waals surface area contributed by atoms with Crippen LogP contribution in [-0.2, 0) is 22.7 Å². The molecule has 4 rings (SSSR count). The van der Waals surface area contributed by atoms with Crippen molar-refractivity contribution in [3.8, 4) is 11.5 Å². The Hall–Kier alpha value is -2.58. The van der Waals surface area contributed by atoms with Crippen LogP contribution in [0.15, 0.2) is 52.7 Å². The van der Waals surface area contributed by atoms with E-state index in [9.17, 15) is 8.42 Å². The number of anilines is 1. The van der Waals surface area contributed by atoms with Gasteiger partial charge in [-0.25, -0.2) is 13.4 Å². The van der Waals surface area contributed by atoms with E-state index in [-0.39, 0.29) is 4.90 Å². The molecule has 8 heteroatoms. The van der Waals surface area contributed by atoms with E-state index < -0.39 is 15.1 Å². The molecule has 0 amide bonds. The maximum absolute atomic E-state index is 13.2. The molecular formula is C25H30N2O4S2. The van der Waals surface area contributed by atoms with E-state index in [2.05, 4.69) is 41.5 Å². The fraction of sp³-hybridized carbons (Fsp3) is 0.400. The van der Waals surface area contributed by atoms with Gasteiger partial charge in [0.15, 0.2) is 26.5 Å². The molecule has 33 heavy (non-hydrogen) atoms. The van der Waals surface area contributed by atoms with E-state index in [1.165, 1.54) is 25.3 Å². The summed E-state index contributed by atoms with van der Waals surface area (Å²) in [5, 5.41) is 2.66. The van der Waals surface area contributed by atoms with Crippen LogP contribution in [0, 0.1) is 0 Å². The summed E-state index contributed by atoms with van der Waals surface area (Å²) in [4.78, 5) is 7.31. The molecule has 0 unspecified atom stereocenters. The molecule has 0 bridgehead atoms. The predicted octanol–water partition coefficient (Wildman–Crippen LogP) is 4.76. The summed E-state index contributed by atoms with van der Waals surface area (Å²) in [5.41, 5.74) is 3.65. The van der Waals surface area contributed by atoms with Gasteiger partial charge in [-0.15, -0.1) is 11.3 Å². The second-order valence-corrected chi connectivity index (χ2v) is 11.3. The summed E-state index contributed by atoms with van der Waals surface area (Å²) >= 11 is 1.63. The summed E-state index contributed by atoms with van der Waals surface area (Å²) in [5.74, 6) is 0.947. The van der Waals surface area contributed by atoms with Gasteiger partial charge in [0.25, 0.3) is 0 Å². The van der Waals surface area contributed by atoms with Crippen molar-refractivity contribution in [3.63, 3.8) is 0 Å².